The molecule has 12 heavy (non-hydrogen) atoms. The molecular weight excluding hydrogens is 154 g/mol. The van der Waals surface area contributed by atoms with Gasteiger partial charge in [-0.2, -0.15) is 10.2 Å². The van der Waals surface area contributed by atoms with Gasteiger partial charge in [0.1, 0.15) is 0 Å². The zero-order valence-corrected chi connectivity index (χ0v) is 6.95. The van der Waals surface area contributed by atoms with E-state index in [2.05, 4.69) is 21.6 Å². The first kappa shape index (κ1) is 6.60. The number of hydrogen-bond donors (Lipinski definition) is 1. The van der Waals surface area contributed by atoms with Gasteiger partial charge in [-0.25, -0.2) is 0 Å². The Morgan fingerprint density at radius 1 is 1.58 bits per heavy atom. The Morgan fingerprint density at radius 3 is 3.08 bits per heavy atom. The largest absolute Gasteiger partial charge is 0.382 e. The molecule has 2 saturated heterocycles. The zero-order chi connectivity index (χ0) is 8.18. The van der Waals surface area contributed by atoms with Gasteiger partial charge in [0.15, 0.2) is 0 Å². The molecule has 2 fully saturated rings. The van der Waals surface area contributed by atoms with Crippen LogP contribution in [0.2, 0.25) is 0 Å². The van der Waals surface area contributed by atoms with Crippen molar-refractivity contribution in [1.82, 2.24) is 5.32 Å². The normalized spacial score (nSPS) is 43.6. The summed E-state index contributed by atoms with van der Waals surface area (Å²) in [6, 6.07) is 0.554. The number of nitrogens with one attached hydrogen (secondary N) is 1. The van der Waals surface area contributed by atoms with Crippen molar-refractivity contribution in [3.63, 3.8) is 0 Å². The summed E-state index contributed by atoms with van der Waals surface area (Å²) in [6.07, 6.45) is 2.10. The maximum Gasteiger partial charge on any atom is 0.208 e. The van der Waals surface area contributed by atoms with Gasteiger partial charge in [-0.1, -0.05) is 0 Å². The van der Waals surface area contributed by atoms with E-state index in [0.717, 1.165) is 13.2 Å². The van der Waals surface area contributed by atoms with Gasteiger partial charge in [-0.3, -0.25) is 0 Å². The molecule has 3 heterocycles. The molecule has 3 aliphatic heterocycles. The molecular formula is C8H11N3O. The van der Waals surface area contributed by atoms with Crippen LogP contribution in [0.15, 0.2) is 22.0 Å². The summed E-state index contributed by atoms with van der Waals surface area (Å²) in [5, 5.41) is 11.2. The summed E-state index contributed by atoms with van der Waals surface area (Å²) < 4.78 is 5.33. The van der Waals surface area contributed by atoms with Gasteiger partial charge in [0.05, 0.1) is 19.3 Å². The van der Waals surface area contributed by atoms with Crippen molar-refractivity contribution >= 4 is 0 Å². The second kappa shape index (κ2) is 1.88. The molecule has 2 atom stereocenters. The van der Waals surface area contributed by atoms with Crippen LogP contribution >= 0.6 is 0 Å². The van der Waals surface area contributed by atoms with E-state index in [0.29, 0.717) is 12.0 Å². The summed E-state index contributed by atoms with van der Waals surface area (Å²) in [4.78, 5) is 0. The summed E-state index contributed by atoms with van der Waals surface area (Å²) in [5.74, 6) is 0.591. The first-order valence-electron chi connectivity index (χ1n) is 4.28. The van der Waals surface area contributed by atoms with E-state index in [1.807, 2.05) is 6.92 Å². The fourth-order valence-corrected chi connectivity index (χ4v) is 1.81. The van der Waals surface area contributed by atoms with E-state index in [1.54, 1.807) is 0 Å². The van der Waals surface area contributed by atoms with Crippen LogP contribution in [0, 0.1) is 5.92 Å². The van der Waals surface area contributed by atoms with Crippen molar-refractivity contribution in [2.24, 2.45) is 16.1 Å². The highest BCUT2D eigenvalue weighted by Gasteiger charge is 2.43. The van der Waals surface area contributed by atoms with E-state index in [-0.39, 0.29) is 5.66 Å². The summed E-state index contributed by atoms with van der Waals surface area (Å²) in [7, 11) is 0. The Morgan fingerprint density at radius 2 is 2.42 bits per heavy atom. The molecule has 64 valence electrons. The minimum absolute atomic E-state index is 0.212. The number of nitrogens with zero attached hydrogens (tertiary/aromatic N) is 2. The summed E-state index contributed by atoms with van der Waals surface area (Å²) in [5.41, 5.74) is 1.06. The van der Waals surface area contributed by atoms with E-state index in [4.69, 9.17) is 4.74 Å². The fourth-order valence-electron chi connectivity index (χ4n) is 1.81. The van der Waals surface area contributed by atoms with Crippen LogP contribution in [-0.4, -0.2) is 24.9 Å². The maximum absolute atomic E-state index is 5.33. The van der Waals surface area contributed by atoms with Crippen molar-refractivity contribution in [2.45, 2.75) is 18.6 Å². The van der Waals surface area contributed by atoms with Crippen LogP contribution in [0.4, 0.5) is 0 Å². The van der Waals surface area contributed by atoms with Gasteiger partial charge in [-0.05, 0) is 13.0 Å². The summed E-state index contributed by atoms with van der Waals surface area (Å²) >= 11 is 0. The molecule has 0 aromatic carbocycles. The highest BCUT2D eigenvalue weighted by atomic mass is 16.5. The van der Waals surface area contributed by atoms with Crippen molar-refractivity contribution in [2.75, 3.05) is 13.2 Å². The average molecular weight is 165 g/mol. The van der Waals surface area contributed by atoms with Crippen LogP contribution in [0.1, 0.15) is 6.92 Å². The number of ether oxygens (including phenoxy) is 1. The average Bonchev–Trinajstić information content (AvgIpc) is 2.60. The van der Waals surface area contributed by atoms with Gasteiger partial charge in [0.2, 0.25) is 5.66 Å². The molecule has 4 heteroatoms. The van der Waals surface area contributed by atoms with Gasteiger partial charge in [0.25, 0.3) is 0 Å². The van der Waals surface area contributed by atoms with Crippen LogP contribution in [0.5, 0.6) is 0 Å². The van der Waals surface area contributed by atoms with Crippen LogP contribution in [-0.2, 0) is 4.74 Å². The molecule has 0 radical (unpaired) electrons. The molecule has 0 amide bonds. The topological polar surface area (TPSA) is 46.0 Å². The molecule has 4 nitrogen and oxygen atoms in total. The van der Waals surface area contributed by atoms with Crippen LogP contribution in [0.3, 0.4) is 0 Å². The Labute approximate surface area is 70.7 Å². The smallest absolute Gasteiger partial charge is 0.208 e. The third kappa shape index (κ3) is 0.813. The van der Waals surface area contributed by atoms with Crippen LogP contribution in [0.25, 0.3) is 0 Å². The predicted octanol–water partition coefficient (Wildman–Crippen LogP) is 0.670. The number of rotatable bonds is 1. The first-order valence-corrected chi connectivity index (χ1v) is 4.28. The van der Waals surface area contributed by atoms with E-state index >= 15 is 0 Å². The fraction of sp³-hybridized carbons (Fsp3) is 0.750. The number of hydrogen-bond acceptors (Lipinski definition) is 4. The van der Waals surface area contributed by atoms with E-state index in [1.165, 1.54) is 5.70 Å². The molecule has 0 bridgehead atoms. The van der Waals surface area contributed by atoms with Crippen molar-refractivity contribution < 1.29 is 4.74 Å². The van der Waals surface area contributed by atoms with Gasteiger partial charge >= 0.3 is 0 Å². The van der Waals surface area contributed by atoms with Crippen molar-refractivity contribution in [3.8, 4) is 0 Å². The maximum atomic E-state index is 5.33. The van der Waals surface area contributed by atoms with Crippen LogP contribution < -0.4 is 5.32 Å². The molecule has 3 aliphatic rings. The third-order valence-corrected chi connectivity index (χ3v) is 2.68. The quantitative estimate of drug-likeness (QED) is 0.620. The highest BCUT2D eigenvalue weighted by Crippen LogP contribution is 2.36. The Hall–Kier alpha value is -0.900. The standard InChI is InChI=1S/C8H11N3O/c1-8(10-11-8)2-6-5-3-12-4-7(5)9-6/h2,5,7,9H,3-4H2,1H3/b6-2+. The Balaban J connectivity index is 1.75. The second-order valence-electron chi connectivity index (χ2n) is 3.79. The van der Waals surface area contributed by atoms with Gasteiger partial charge in [-0.15, -0.1) is 0 Å². The Kier molecular flexibility index (Phi) is 1.03. The SMILES string of the molecule is CC1(/C=C2/NC3COCC23)N=N1. The van der Waals surface area contributed by atoms with Gasteiger partial charge < -0.3 is 10.1 Å². The van der Waals surface area contributed by atoms with Crippen molar-refractivity contribution in [3.05, 3.63) is 11.8 Å². The molecule has 1 N–H and O–H groups in total. The molecule has 0 aromatic rings. The summed E-state index contributed by atoms with van der Waals surface area (Å²) in [6.45, 7) is 3.72. The second-order valence-corrected chi connectivity index (χ2v) is 3.79. The lowest BCUT2D eigenvalue weighted by molar-refractivity contribution is 0.192. The molecule has 0 saturated carbocycles. The lowest BCUT2D eigenvalue weighted by atomic mass is 9.89. The van der Waals surface area contributed by atoms with Gasteiger partial charge in [0, 0.05) is 11.6 Å². The van der Waals surface area contributed by atoms with E-state index < -0.39 is 0 Å². The molecule has 2 unspecified atom stereocenters. The minimum Gasteiger partial charge on any atom is -0.382 e. The molecule has 0 aromatic heterocycles. The first-order chi connectivity index (χ1) is 5.77. The van der Waals surface area contributed by atoms with E-state index in [9.17, 15) is 0 Å². The lowest BCUT2D eigenvalue weighted by Gasteiger charge is -2.35. The highest BCUT2D eigenvalue weighted by molar-refractivity contribution is 5.26. The minimum atomic E-state index is -0.212. The lowest BCUT2D eigenvalue weighted by Crippen LogP contribution is -2.50. The molecule has 0 aliphatic carbocycles. The number of fused-ring (bicyclic) bond motifs is 1. The molecule has 0 spiro atoms. The third-order valence-electron chi connectivity index (χ3n) is 2.68. The monoisotopic (exact) mass is 165 g/mol. The molecule has 3 rings (SSSR count). The van der Waals surface area contributed by atoms with Crippen molar-refractivity contribution in [1.29, 1.82) is 0 Å². The predicted molar refractivity (Wildman–Crippen MR) is 42.6 cm³/mol. The Bertz CT molecular complexity index is 278. The zero-order valence-electron chi connectivity index (χ0n) is 6.95.